The topological polar surface area (TPSA) is 65.4 Å². The molecule has 6 heteroatoms. The number of carbonyl (C=O) groups excluding carboxylic acids is 1. The van der Waals surface area contributed by atoms with Gasteiger partial charge in [-0.3, -0.25) is 4.79 Å². The summed E-state index contributed by atoms with van der Waals surface area (Å²) in [5.41, 5.74) is 6.54. The lowest BCUT2D eigenvalue weighted by Gasteiger charge is -2.17. The molecule has 0 aliphatic carbocycles. The number of carbonyl (C=O) groups is 1. The number of aryl methyl sites for hydroxylation is 5. The van der Waals surface area contributed by atoms with E-state index in [4.69, 9.17) is 14.5 Å². The molecule has 0 aliphatic rings. The van der Waals surface area contributed by atoms with Gasteiger partial charge in [0.05, 0.1) is 23.7 Å². The van der Waals surface area contributed by atoms with E-state index in [-0.39, 0.29) is 18.6 Å². The van der Waals surface area contributed by atoms with E-state index in [0.717, 1.165) is 52.4 Å². The number of fused-ring (bicyclic) bond motifs is 1. The molecule has 1 atom stereocenters. The van der Waals surface area contributed by atoms with Gasteiger partial charge in [-0.05, 0) is 93.6 Å². The monoisotopic (exact) mass is 485 g/mol. The summed E-state index contributed by atoms with van der Waals surface area (Å²) in [6.07, 6.45) is 0.816. The Balaban J connectivity index is 1.40. The average molecular weight is 486 g/mol. The molecule has 1 aromatic heterocycles. The van der Waals surface area contributed by atoms with Crippen LogP contribution in [0.1, 0.15) is 47.5 Å². The number of hydrogen-bond acceptors (Lipinski definition) is 4. The normalized spacial score (nSPS) is 11.9. The van der Waals surface area contributed by atoms with Crippen molar-refractivity contribution in [2.24, 2.45) is 0 Å². The highest BCUT2D eigenvalue weighted by Crippen LogP contribution is 2.23. The van der Waals surface area contributed by atoms with Crippen LogP contribution in [0, 0.1) is 27.7 Å². The van der Waals surface area contributed by atoms with Crippen LogP contribution in [-0.2, 0) is 11.3 Å². The van der Waals surface area contributed by atoms with E-state index < -0.39 is 0 Å². The zero-order chi connectivity index (χ0) is 25.7. The Hall–Kier alpha value is -3.80. The largest absolute Gasteiger partial charge is 0.494 e. The molecule has 1 amide bonds. The molecule has 3 aromatic carbocycles. The van der Waals surface area contributed by atoms with Crippen molar-refractivity contribution in [1.82, 2.24) is 14.9 Å². The third-order valence-corrected chi connectivity index (χ3v) is 6.42. The van der Waals surface area contributed by atoms with Crippen LogP contribution in [0.25, 0.3) is 11.0 Å². The second kappa shape index (κ2) is 11.3. The number of amides is 1. The van der Waals surface area contributed by atoms with E-state index in [1.807, 2.05) is 63.2 Å². The van der Waals surface area contributed by atoms with Crippen molar-refractivity contribution in [3.63, 3.8) is 0 Å². The summed E-state index contributed by atoms with van der Waals surface area (Å²) in [5.74, 6) is 2.26. The van der Waals surface area contributed by atoms with Crippen LogP contribution >= 0.6 is 0 Å². The maximum Gasteiger partial charge on any atom is 0.258 e. The first-order valence-electron chi connectivity index (χ1n) is 12.5. The van der Waals surface area contributed by atoms with Gasteiger partial charge in [-0.2, -0.15) is 0 Å². The van der Waals surface area contributed by atoms with Gasteiger partial charge in [0.2, 0.25) is 0 Å². The van der Waals surface area contributed by atoms with Crippen molar-refractivity contribution < 1.29 is 14.3 Å². The van der Waals surface area contributed by atoms with Gasteiger partial charge in [0.25, 0.3) is 5.91 Å². The molecule has 4 rings (SSSR count). The fraction of sp³-hybridized carbons (Fsp3) is 0.333. The van der Waals surface area contributed by atoms with Crippen LogP contribution in [0.3, 0.4) is 0 Å². The Kier molecular flexibility index (Phi) is 7.93. The van der Waals surface area contributed by atoms with Crippen molar-refractivity contribution in [3.8, 4) is 11.5 Å². The SMILES string of the molecule is Cc1ccc(C)c(OCC(=O)NC(C)c2nc3ccccc3n2CCCOc2ccc(C)c(C)c2)c1. The summed E-state index contributed by atoms with van der Waals surface area (Å²) in [7, 11) is 0. The molecule has 0 bridgehead atoms. The molecule has 1 heterocycles. The molecular weight excluding hydrogens is 450 g/mol. The molecule has 1 unspecified atom stereocenters. The summed E-state index contributed by atoms with van der Waals surface area (Å²) in [6, 6.07) is 19.9. The molecule has 0 saturated heterocycles. The fourth-order valence-corrected chi connectivity index (χ4v) is 4.23. The quantitative estimate of drug-likeness (QED) is 0.280. The van der Waals surface area contributed by atoms with E-state index >= 15 is 0 Å². The minimum absolute atomic E-state index is 0.0430. The molecule has 0 fully saturated rings. The molecule has 0 saturated carbocycles. The third kappa shape index (κ3) is 6.06. The van der Waals surface area contributed by atoms with Crippen LogP contribution in [0.2, 0.25) is 0 Å². The van der Waals surface area contributed by atoms with Crippen molar-refractivity contribution in [2.75, 3.05) is 13.2 Å². The number of imidazole rings is 1. The second-order valence-electron chi connectivity index (χ2n) is 9.41. The Morgan fingerprint density at radius 1 is 0.944 bits per heavy atom. The van der Waals surface area contributed by atoms with E-state index in [1.54, 1.807) is 0 Å². The van der Waals surface area contributed by atoms with Gasteiger partial charge in [-0.15, -0.1) is 0 Å². The van der Waals surface area contributed by atoms with Crippen LogP contribution in [0.4, 0.5) is 0 Å². The molecule has 36 heavy (non-hydrogen) atoms. The zero-order valence-corrected chi connectivity index (χ0v) is 21.8. The highest BCUT2D eigenvalue weighted by Gasteiger charge is 2.19. The molecule has 188 valence electrons. The summed E-state index contributed by atoms with van der Waals surface area (Å²) in [5, 5.41) is 3.05. The number of rotatable bonds is 10. The average Bonchev–Trinajstić information content (AvgIpc) is 3.23. The van der Waals surface area contributed by atoms with Gasteiger partial charge in [-0.1, -0.05) is 30.3 Å². The molecule has 4 aromatic rings. The highest BCUT2D eigenvalue weighted by atomic mass is 16.5. The molecule has 0 radical (unpaired) electrons. The zero-order valence-electron chi connectivity index (χ0n) is 21.8. The van der Waals surface area contributed by atoms with Crippen LogP contribution in [-0.4, -0.2) is 28.7 Å². The first-order chi connectivity index (χ1) is 17.3. The van der Waals surface area contributed by atoms with Crippen LogP contribution in [0.5, 0.6) is 11.5 Å². The van der Waals surface area contributed by atoms with Gasteiger partial charge >= 0.3 is 0 Å². The molecule has 0 aliphatic heterocycles. The summed E-state index contributed by atoms with van der Waals surface area (Å²) < 4.78 is 14.0. The fourth-order valence-electron chi connectivity index (χ4n) is 4.23. The predicted octanol–water partition coefficient (Wildman–Crippen LogP) is 6.00. The van der Waals surface area contributed by atoms with E-state index in [0.29, 0.717) is 6.61 Å². The number of aromatic nitrogens is 2. The lowest BCUT2D eigenvalue weighted by atomic mass is 10.1. The lowest BCUT2D eigenvalue weighted by Crippen LogP contribution is -2.32. The number of nitrogens with zero attached hydrogens (tertiary/aromatic N) is 2. The minimum Gasteiger partial charge on any atom is -0.494 e. The maximum absolute atomic E-state index is 12.7. The smallest absolute Gasteiger partial charge is 0.258 e. The van der Waals surface area contributed by atoms with Crippen LogP contribution < -0.4 is 14.8 Å². The number of benzene rings is 3. The third-order valence-electron chi connectivity index (χ3n) is 6.42. The summed E-state index contributed by atoms with van der Waals surface area (Å²) in [6.45, 7) is 11.4. The number of nitrogens with one attached hydrogen (secondary N) is 1. The second-order valence-corrected chi connectivity index (χ2v) is 9.41. The van der Waals surface area contributed by atoms with Gasteiger partial charge in [0, 0.05) is 6.54 Å². The first kappa shape index (κ1) is 25.3. The van der Waals surface area contributed by atoms with Gasteiger partial charge in [0.1, 0.15) is 17.3 Å². The number of para-hydroxylation sites is 2. The Bertz CT molecular complexity index is 1360. The van der Waals surface area contributed by atoms with Crippen molar-refractivity contribution in [2.45, 2.75) is 53.6 Å². The van der Waals surface area contributed by atoms with E-state index in [2.05, 4.69) is 41.9 Å². The molecule has 1 N–H and O–H groups in total. The van der Waals surface area contributed by atoms with Crippen molar-refractivity contribution in [3.05, 3.63) is 88.7 Å². The van der Waals surface area contributed by atoms with E-state index in [1.165, 1.54) is 11.1 Å². The summed E-state index contributed by atoms with van der Waals surface area (Å²) >= 11 is 0. The highest BCUT2D eigenvalue weighted by molar-refractivity contribution is 5.79. The minimum atomic E-state index is -0.271. The van der Waals surface area contributed by atoms with Crippen molar-refractivity contribution in [1.29, 1.82) is 0 Å². The van der Waals surface area contributed by atoms with Gasteiger partial charge < -0.3 is 19.4 Å². The maximum atomic E-state index is 12.7. The molecule has 0 spiro atoms. The molecule has 6 nitrogen and oxygen atoms in total. The lowest BCUT2D eigenvalue weighted by molar-refractivity contribution is -0.123. The van der Waals surface area contributed by atoms with Gasteiger partial charge in [-0.25, -0.2) is 4.98 Å². The standard InChI is InChI=1S/C30H35N3O3/c1-20-11-12-22(3)28(17-20)36-19-29(34)31-24(5)30-32-26-9-6-7-10-27(26)33(30)15-8-16-35-25-14-13-21(2)23(4)18-25/h6-7,9-14,17-18,24H,8,15-16,19H2,1-5H3,(H,31,34). The van der Waals surface area contributed by atoms with Gasteiger partial charge in [0.15, 0.2) is 6.61 Å². The number of ether oxygens (including phenoxy) is 2. The Morgan fingerprint density at radius 3 is 2.53 bits per heavy atom. The summed E-state index contributed by atoms with van der Waals surface area (Å²) in [4.78, 5) is 17.5. The van der Waals surface area contributed by atoms with Crippen molar-refractivity contribution >= 4 is 16.9 Å². The molecular formula is C30H35N3O3. The Labute approximate surface area is 213 Å². The number of hydrogen-bond donors (Lipinski definition) is 1. The first-order valence-corrected chi connectivity index (χ1v) is 12.5. The van der Waals surface area contributed by atoms with E-state index in [9.17, 15) is 4.79 Å². The van der Waals surface area contributed by atoms with Crippen LogP contribution in [0.15, 0.2) is 60.7 Å². The predicted molar refractivity (Wildman–Crippen MR) is 144 cm³/mol. The Morgan fingerprint density at radius 2 is 1.72 bits per heavy atom.